The first kappa shape index (κ1) is 15.2. The minimum Gasteiger partial charge on any atom is -0.258 e. The van der Waals surface area contributed by atoms with Crippen LogP contribution in [0.25, 0.3) is 0 Å². The monoisotopic (exact) mass is 333 g/mol. The van der Waals surface area contributed by atoms with Crippen molar-refractivity contribution in [2.75, 3.05) is 6.26 Å². The van der Waals surface area contributed by atoms with Crippen molar-refractivity contribution in [1.82, 2.24) is 0 Å². The molecule has 0 saturated heterocycles. The summed E-state index contributed by atoms with van der Waals surface area (Å²) in [5.41, 5.74) is -0.737. The molecule has 0 amide bonds. The second-order valence-corrected chi connectivity index (χ2v) is 8.12. The predicted octanol–water partition coefficient (Wildman–Crippen LogP) is 1.58. The van der Waals surface area contributed by atoms with Crippen molar-refractivity contribution in [1.29, 1.82) is 0 Å². The van der Waals surface area contributed by atoms with Crippen LogP contribution in [0.2, 0.25) is 5.02 Å². The van der Waals surface area contributed by atoms with Crippen molar-refractivity contribution in [3.8, 4) is 0 Å². The van der Waals surface area contributed by atoms with Crippen LogP contribution in [0.4, 0.5) is 5.69 Å². The second-order valence-electron chi connectivity index (χ2n) is 3.22. The molecule has 11 heteroatoms. The molecule has 0 saturated carbocycles. The molecule has 0 N–H and O–H groups in total. The van der Waals surface area contributed by atoms with E-state index in [2.05, 4.69) is 0 Å². The third-order valence-corrected chi connectivity index (χ3v) is 4.96. The first-order valence-corrected chi connectivity index (χ1v) is 8.65. The van der Waals surface area contributed by atoms with Gasteiger partial charge < -0.3 is 0 Å². The van der Waals surface area contributed by atoms with Crippen molar-refractivity contribution in [2.45, 2.75) is 9.79 Å². The Labute approximate surface area is 112 Å². The molecule has 0 radical (unpaired) electrons. The van der Waals surface area contributed by atoms with Gasteiger partial charge in [-0.05, 0) is 0 Å². The third kappa shape index (κ3) is 3.10. The van der Waals surface area contributed by atoms with Crippen molar-refractivity contribution in [3.05, 3.63) is 27.3 Å². The quantitative estimate of drug-likeness (QED) is 0.471. The van der Waals surface area contributed by atoms with Gasteiger partial charge in [-0.1, -0.05) is 11.6 Å². The molecule has 0 aromatic heterocycles. The van der Waals surface area contributed by atoms with Crippen LogP contribution in [0, 0.1) is 10.1 Å². The normalized spacial score (nSPS) is 12.4. The Morgan fingerprint density at radius 3 is 1.94 bits per heavy atom. The van der Waals surface area contributed by atoms with E-state index >= 15 is 0 Å². The number of hydrogen-bond acceptors (Lipinski definition) is 6. The van der Waals surface area contributed by atoms with Crippen molar-refractivity contribution < 1.29 is 21.8 Å². The van der Waals surface area contributed by atoms with E-state index in [1.807, 2.05) is 0 Å². The van der Waals surface area contributed by atoms with Crippen LogP contribution in [-0.4, -0.2) is 28.0 Å². The fourth-order valence-corrected chi connectivity index (χ4v) is 3.85. The Balaban J connectivity index is 3.87. The van der Waals surface area contributed by atoms with Crippen molar-refractivity contribution in [2.24, 2.45) is 0 Å². The molecule has 0 fully saturated rings. The molecule has 0 bridgehead atoms. The Bertz CT molecular complexity index is 671. The molecule has 0 aliphatic carbocycles. The highest BCUT2D eigenvalue weighted by Crippen LogP contribution is 2.34. The molecule has 1 aromatic rings. The van der Waals surface area contributed by atoms with E-state index in [-0.39, 0.29) is 0 Å². The highest BCUT2D eigenvalue weighted by molar-refractivity contribution is 8.13. The van der Waals surface area contributed by atoms with Crippen molar-refractivity contribution in [3.63, 3.8) is 0 Å². The van der Waals surface area contributed by atoms with E-state index in [1.165, 1.54) is 0 Å². The fraction of sp³-hybridized carbons (Fsp3) is 0.143. The summed E-state index contributed by atoms with van der Waals surface area (Å²) in [6, 6.07) is 1.27. The zero-order valence-electron chi connectivity index (χ0n) is 8.62. The highest BCUT2D eigenvalue weighted by Gasteiger charge is 2.27. The van der Waals surface area contributed by atoms with Gasteiger partial charge in [0, 0.05) is 29.1 Å². The van der Waals surface area contributed by atoms with Crippen LogP contribution in [0.1, 0.15) is 0 Å². The SMILES string of the molecule is CS(=O)(=O)c1cc([N+](=O)[O-])cc(S(=O)(=O)Cl)c1Cl. The number of hydrogen-bond donors (Lipinski definition) is 0. The molecule has 100 valence electrons. The molecule has 18 heavy (non-hydrogen) atoms. The van der Waals surface area contributed by atoms with Crippen LogP contribution < -0.4 is 0 Å². The molecule has 0 aliphatic heterocycles. The van der Waals surface area contributed by atoms with Gasteiger partial charge in [0.1, 0.15) is 4.90 Å². The summed E-state index contributed by atoms with van der Waals surface area (Å²) < 4.78 is 45.1. The minimum absolute atomic E-state index is 0.597. The largest absolute Gasteiger partial charge is 0.272 e. The van der Waals surface area contributed by atoms with Crippen molar-refractivity contribution >= 4 is 46.9 Å². The van der Waals surface area contributed by atoms with E-state index in [0.29, 0.717) is 12.1 Å². The number of nitrogens with zero attached hydrogens (tertiary/aromatic N) is 1. The lowest BCUT2D eigenvalue weighted by Gasteiger charge is -2.05. The van der Waals surface area contributed by atoms with E-state index < -0.39 is 44.3 Å². The maximum absolute atomic E-state index is 11.4. The predicted molar refractivity (Wildman–Crippen MR) is 64.3 cm³/mol. The summed E-state index contributed by atoms with van der Waals surface area (Å²) in [4.78, 5) is 8.16. The second kappa shape index (κ2) is 4.65. The van der Waals surface area contributed by atoms with Gasteiger partial charge in [-0.25, -0.2) is 16.8 Å². The molecular formula is C7H5Cl2NO6S2. The zero-order valence-corrected chi connectivity index (χ0v) is 11.8. The van der Waals surface area contributed by atoms with E-state index in [9.17, 15) is 26.9 Å². The molecule has 7 nitrogen and oxygen atoms in total. The van der Waals surface area contributed by atoms with Crippen LogP contribution in [-0.2, 0) is 18.9 Å². The lowest BCUT2D eigenvalue weighted by atomic mass is 10.3. The number of non-ortho nitro benzene ring substituents is 1. The summed E-state index contributed by atoms with van der Waals surface area (Å²) in [5, 5.41) is 9.93. The number of halogens is 2. The van der Waals surface area contributed by atoms with E-state index in [4.69, 9.17) is 22.3 Å². The lowest BCUT2D eigenvalue weighted by Crippen LogP contribution is -2.04. The number of sulfone groups is 1. The van der Waals surface area contributed by atoms with Crippen LogP contribution in [0.5, 0.6) is 0 Å². The molecular weight excluding hydrogens is 329 g/mol. The lowest BCUT2D eigenvalue weighted by molar-refractivity contribution is -0.385. The van der Waals surface area contributed by atoms with Crippen LogP contribution in [0.3, 0.4) is 0 Å². The Kier molecular flexibility index (Phi) is 3.92. The summed E-state index contributed by atoms with van der Waals surface area (Å²) in [6.45, 7) is 0. The smallest absolute Gasteiger partial charge is 0.258 e. The molecule has 1 aromatic carbocycles. The number of benzene rings is 1. The zero-order chi connectivity index (χ0) is 14.3. The Morgan fingerprint density at radius 1 is 1.17 bits per heavy atom. The highest BCUT2D eigenvalue weighted by atomic mass is 35.7. The third-order valence-electron chi connectivity index (χ3n) is 1.86. The van der Waals surface area contributed by atoms with Gasteiger partial charge in [0.15, 0.2) is 9.84 Å². The van der Waals surface area contributed by atoms with Gasteiger partial charge in [0.05, 0.1) is 14.8 Å². The van der Waals surface area contributed by atoms with Gasteiger partial charge in [-0.2, -0.15) is 0 Å². The summed E-state index contributed by atoms with van der Waals surface area (Å²) >= 11 is 5.59. The van der Waals surface area contributed by atoms with Crippen LogP contribution in [0.15, 0.2) is 21.9 Å². The average Bonchev–Trinajstić information content (AvgIpc) is 2.13. The van der Waals surface area contributed by atoms with Crippen LogP contribution >= 0.6 is 22.3 Å². The summed E-state index contributed by atoms with van der Waals surface area (Å²) in [5.74, 6) is 0. The van der Waals surface area contributed by atoms with Gasteiger partial charge in [0.2, 0.25) is 0 Å². The Morgan fingerprint density at radius 2 is 1.61 bits per heavy atom. The number of nitro groups is 1. The summed E-state index contributed by atoms with van der Waals surface area (Å²) in [7, 11) is -3.30. The van der Waals surface area contributed by atoms with E-state index in [0.717, 1.165) is 6.26 Å². The maximum atomic E-state index is 11.4. The molecule has 1 rings (SSSR count). The molecule has 0 unspecified atom stereocenters. The van der Waals surface area contributed by atoms with Gasteiger partial charge in [0.25, 0.3) is 14.7 Å². The Hall–Kier alpha value is -0.900. The minimum atomic E-state index is -4.40. The average molecular weight is 334 g/mol. The molecule has 0 aliphatic rings. The summed E-state index contributed by atoms with van der Waals surface area (Å²) in [6.07, 6.45) is 0.739. The van der Waals surface area contributed by atoms with E-state index in [1.54, 1.807) is 0 Å². The number of rotatable bonds is 3. The first-order chi connectivity index (χ1) is 7.94. The molecule has 0 spiro atoms. The first-order valence-electron chi connectivity index (χ1n) is 4.07. The standard InChI is InChI=1S/C7H5Cl2NO6S2/c1-17(13,14)5-2-4(10(11)12)3-6(7(5)8)18(9,15)16/h2-3H,1H3. The van der Waals surface area contributed by atoms with Gasteiger partial charge >= 0.3 is 0 Å². The fourth-order valence-electron chi connectivity index (χ4n) is 1.11. The topological polar surface area (TPSA) is 111 Å². The number of nitro benzene ring substituents is 1. The molecule has 0 atom stereocenters. The van der Waals surface area contributed by atoms with Gasteiger partial charge in [-0.3, -0.25) is 10.1 Å². The maximum Gasteiger partial charge on any atom is 0.272 e. The molecule has 0 heterocycles. The van der Waals surface area contributed by atoms with Gasteiger partial charge in [-0.15, -0.1) is 0 Å².